The zero-order valence-electron chi connectivity index (χ0n) is 18.5. The maximum Gasteiger partial charge on any atom is 0.217 e. The highest BCUT2D eigenvalue weighted by molar-refractivity contribution is 5.73. The molecule has 0 spiro atoms. The number of nitrogens with zero attached hydrogens (tertiary/aromatic N) is 1. The SMILES string of the molecule is CCOc1ccc(CN2C[C@H]3C[C@@H](NC(C)=O)[C@H](OC)C[C@H]3C2)c(OCC)c1C. The van der Waals surface area contributed by atoms with Crippen LogP contribution in [0.4, 0.5) is 0 Å². The molecular weight excluding hydrogens is 368 g/mol. The molecule has 1 heterocycles. The van der Waals surface area contributed by atoms with Gasteiger partial charge < -0.3 is 19.5 Å². The first-order valence-corrected chi connectivity index (χ1v) is 10.9. The molecule has 1 N–H and O–H groups in total. The fourth-order valence-corrected chi connectivity index (χ4v) is 5.07. The quantitative estimate of drug-likeness (QED) is 0.721. The Morgan fingerprint density at radius 2 is 1.83 bits per heavy atom. The van der Waals surface area contributed by atoms with Gasteiger partial charge in [0.15, 0.2) is 0 Å². The molecule has 1 saturated carbocycles. The molecule has 1 saturated heterocycles. The third kappa shape index (κ3) is 5.04. The highest BCUT2D eigenvalue weighted by atomic mass is 16.5. The van der Waals surface area contributed by atoms with E-state index in [9.17, 15) is 4.79 Å². The van der Waals surface area contributed by atoms with E-state index in [0.717, 1.165) is 49.5 Å². The number of ether oxygens (including phenoxy) is 3. The normalized spacial score (nSPS) is 26.8. The van der Waals surface area contributed by atoms with Gasteiger partial charge in [-0.25, -0.2) is 0 Å². The Balaban J connectivity index is 1.71. The number of fused-ring (bicyclic) bond motifs is 1. The Hall–Kier alpha value is -1.79. The molecule has 0 unspecified atom stereocenters. The number of carbonyl (C=O) groups is 1. The third-order valence-electron chi connectivity index (χ3n) is 6.30. The molecule has 0 aromatic heterocycles. The minimum atomic E-state index is 0.0246. The van der Waals surface area contributed by atoms with Crippen LogP contribution < -0.4 is 14.8 Å². The van der Waals surface area contributed by atoms with E-state index in [1.807, 2.05) is 13.8 Å². The van der Waals surface area contributed by atoms with Crippen molar-refractivity contribution >= 4 is 5.91 Å². The Bertz CT molecular complexity index is 708. The van der Waals surface area contributed by atoms with Crippen molar-refractivity contribution in [3.8, 4) is 11.5 Å². The summed E-state index contributed by atoms with van der Waals surface area (Å²) in [6, 6.07) is 4.32. The Morgan fingerprint density at radius 3 is 2.45 bits per heavy atom. The van der Waals surface area contributed by atoms with Crippen molar-refractivity contribution in [1.82, 2.24) is 10.2 Å². The summed E-state index contributed by atoms with van der Waals surface area (Å²) in [6.07, 6.45) is 2.09. The molecule has 0 bridgehead atoms. The van der Waals surface area contributed by atoms with Crippen molar-refractivity contribution < 1.29 is 19.0 Å². The minimum Gasteiger partial charge on any atom is -0.493 e. The summed E-state index contributed by atoms with van der Waals surface area (Å²) in [5.74, 6) is 3.09. The molecule has 3 rings (SSSR count). The number of rotatable bonds is 8. The molecule has 29 heavy (non-hydrogen) atoms. The number of hydrogen-bond acceptors (Lipinski definition) is 5. The first kappa shape index (κ1) is 21.9. The molecule has 1 aliphatic carbocycles. The maximum absolute atomic E-state index is 11.6. The van der Waals surface area contributed by atoms with Gasteiger partial charge in [-0.1, -0.05) is 6.07 Å². The van der Waals surface area contributed by atoms with Gasteiger partial charge in [0.05, 0.1) is 25.4 Å². The molecule has 6 nitrogen and oxygen atoms in total. The summed E-state index contributed by atoms with van der Waals surface area (Å²) in [6.45, 7) is 12.0. The fourth-order valence-electron chi connectivity index (χ4n) is 5.07. The number of likely N-dealkylation sites (tertiary alicyclic amines) is 1. The number of nitrogens with one attached hydrogen (secondary N) is 1. The van der Waals surface area contributed by atoms with E-state index >= 15 is 0 Å². The lowest BCUT2D eigenvalue weighted by atomic mass is 9.77. The van der Waals surface area contributed by atoms with E-state index in [0.29, 0.717) is 25.0 Å². The summed E-state index contributed by atoms with van der Waals surface area (Å²) in [5, 5.41) is 3.10. The van der Waals surface area contributed by atoms with Crippen LogP contribution >= 0.6 is 0 Å². The third-order valence-corrected chi connectivity index (χ3v) is 6.30. The van der Waals surface area contributed by atoms with Crippen LogP contribution in [0, 0.1) is 18.8 Å². The van der Waals surface area contributed by atoms with Crippen molar-refractivity contribution in [1.29, 1.82) is 0 Å². The van der Waals surface area contributed by atoms with E-state index < -0.39 is 0 Å². The van der Waals surface area contributed by atoms with Gasteiger partial charge in [-0.2, -0.15) is 0 Å². The first-order valence-electron chi connectivity index (χ1n) is 10.9. The second-order valence-corrected chi connectivity index (χ2v) is 8.31. The van der Waals surface area contributed by atoms with Crippen molar-refractivity contribution in [3.05, 3.63) is 23.3 Å². The van der Waals surface area contributed by atoms with Crippen LogP contribution in [0.2, 0.25) is 0 Å². The van der Waals surface area contributed by atoms with Crippen LogP contribution in [0.25, 0.3) is 0 Å². The number of carbonyl (C=O) groups excluding carboxylic acids is 1. The lowest BCUT2D eigenvalue weighted by Crippen LogP contribution is -2.49. The summed E-state index contributed by atoms with van der Waals surface area (Å²) >= 11 is 0. The number of benzene rings is 1. The fraction of sp³-hybridized carbons (Fsp3) is 0.696. The second-order valence-electron chi connectivity index (χ2n) is 8.31. The van der Waals surface area contributed by atoms with E-state index in [2.05, 4.69) is 29.3 Å². The van der Waals surface area contributed by atoms with Gasteiger partial charge in [0, 0.05) is 44.8 Å². The average molecular weight is 405 g/mol. The maximum atomic E-state index is 11.6. The Labute approximate surface area is 174 Å². The predicted octanol–water partition coefficient (Wildman–Crippen LogP) is 3.15. The monoisotopic (exact) mass is 404 g/mol. The van der Waals surface area contributed by atoms with E-state index in [1.54, 1.807) is 14.0 Å². The highest BCUT2D eigenvalue weighted by Gasteiger charge is 2.42. The smallest absolute Gasteiger partial charge is 0.217 e. The van der Waals surface area contributed by atoms with Gasteiger partial charge >= 0.3 is 0 Å². The van der Waals surface area contributed by atoms with Crippen LogP contribution in [0.1, 0.15) is 44.7 Å². The molecule has 162 valence electrons. The molecule has 2 aliphatic rings. The van der Waals surface area contributed by atoms with Gasteiger partial charge in [0.1, 0.15) is 11.5 Å². The van der Waals surface area contributed by atoms with Gasteiger partial charge in [-0.3, -0.25) is 9.69 Å². The molecule has 1 aromatic rings. The van der Waals surface area contributed by atoms with E-state index in [-0.39, 0.29) is 18.1 Å². The summed E-state index contributed by atoms with van der Waals surface area (Å²) in [7, 11) is 1.75. The topological polar surface area (TPSA) is 60.0 Å². The van der Waals surface area contributed by atoms with Gasteiger partial charge in [-0.15, -0.1) is 0 Å². The molecule has 0 radical (unpaired) electrons. The standard InChI is InChI=1S/C23H36N2O4/c1-6-28-21-9-8-17(23(15(21)3)29-7-2)12-25-13-18-10-20(24-16(4)26)22(27-5)11-19(18)14-25/h8-9,18-20,22H,6-7,10-14H2,1-5H3,(H,24,26)/t18-,19+,20-,22-/m1/s1. The van der Waals surface area contributed by atoms with Crippen LogP contribution in [0.5, 0.6) is 11.5 Å². The van der Waals surface area contributed by atoms with E-state index in [4.69, 9.17) is 14.2 Å². The van der Waals surface area contributed by atoms with Crippen molar-refractivity contribution in [2.75, 3.05) is 33.4 Å². The molecule has 2 fully saturated rings. The lowest BCUT2D eigenvalue weighted by Gasteiger charge is -2.37. The Morgan fingerprint density at radius 1 is 1.14 bits per heavy atom. The summed E-state index contributed by atoms with van der Waals surface area (Å²) in [4.78, 5) is 14.1. The van der Waals surface area contributed by atoms with Gasteiger partial charge in [-0.05, 0) is 51.5 Å². The Kier molecular flexibility index (Phi) is 7.41. The molecule has 1 amide bonds. The predicted molar refractivity (Wildman–Crippen MR) is 113 cm³/mol. The van der Waals surface area contributed by atoms with Crippen molar-refractivity contribution in [2.24, 2.45) is 11.8 Å². The summed E-state index contributed by atoms with van der Waals surface area (Å²) < 4.78 is 17.5. The van der Waals surface area contributed by atoms with Gasteiger partial charge in [0.2, 0.25) is 5.91 Å². The first-order chi connectivity index (χ1) is 14.0. The van der Waals surface area contributed by atoms with Crippen molar-refractivity contribution in [2.45, 2.75) is 59.2 Å². The second kappa shape index (κ2) is 9.81. The number of methoxy groups -OCH3 is 1. The zero-order valence-corrected chi connectivity index (χ0v) is 18.5. The van der Waals surface area contributed by atoms with Crippen LogP contribution in [0.3, 0.4) is 0 Å². The molecule has 1 aliphatic heterocycles. The van der Waals surface area contributed by atoms with Crippen molar-refractivity contribution in [3.63, 3.8) is 0 Å². The molecular formula is C23H36N2O4. The highest BCUT2D eigenvalue weighted by Crippen LogP contribution is 2.39. The lowest BCUT2D eigenvalue weighted by molar-refractivity contribution is -0.121. The van der Waals surface area contributed by atoms with Gasteiger partial charge in [0.25, 0.3) is 0 Å². The number of hydrogen-bond donors (Lipinski definition) is 1. The average Bonchev–Trinajstić information content (AvgIpc) is 3.07. The largest absolute Gasteiger partial charge is 0.493 e. The minimum absolute atomic E-state index is 0.0246. The zero-order chi connectivity index (χ0) is 21.0. The van der Waals surface area contributed by atoms with Crippen LogP contribution in [-0.4, -0.2) is 56.4 Å². The molecule has 4 atom stereocenters. The van der Waals surface area contributed by atoms with Crippen LogP contribution in [-0.2, 0) is 16.1 Å². The van der Waals surface area contributed by atoms with Crippen LogP contribution in [0.15, 0.2) is 12.1 Å². The molecule has 6 heteroatoms. The molecule has 1 aromatic carbocycles. The number of amides is 1. The van der Waals surface area contributed by atoms with E-state index in [1.165, 1.54) is 5.56 Å². The summed E-state index contributed by atoms with van der Waals surface area (Å²) in [5.41, 5.74) is 2.29.